The molecule has 1 unspecified atom stereocenters. The molecule has 90 valence electrons. The van der Waals surface area contributed by atoms with Crippen molar-refractivity contribution in [3.05, 3.63) is 0 Å². The molecular formula is C11H18N2O3. The molecule has 0 aliphatic heterocycles. The summed E-state index contributed by atoms with van der Waals surface area (Å²) in [6.07, 6.45) is 7.32. The number of nitrogens with two attached hydrogens (primary N) is 1. The van der Waals surface area contributed by atoms with E-state index in [-0.39, 0.29) is 12.3 Å². The fraction of sp³-hybridized carbons (Fsp3) is 0.636. The van der Waals surface area contributed by atoms with Crippen LogP contribution in [0.3, 0.4) is 0 Å². The monoisotopic (exact) mass is 226 g/mol. The van der Waals surface area contributed by atoms with Gasteiger partial charge < -0.3 is 16.2 Å². The summed E-state index contributed by atoms with van der Waals surface area (Å²) < 4.78 is 0. The van der Waals surface area contributed by atoms with Gasteiger partial charge in [0, 0.05) is 12.8 Å². The van der Waals surface area contributed by atoms with Crippen molar-refractivity contribution in [3.8, 4) is 12.3 Å². The minimum absolute atomic E-state index is 0.164. The number of carboxylic acids is 1. The summed E-state index contributed by atoms with van der Waals surface area (Å²) in [6, 6.07) is -0.836. The SMILES string of the molecule is C#CCCC(=O)NC(CCCCN)C(=O)O. The highest BCUT2D eigenvalue weighted by molar-refractivity contribution is 5.83. The Morgan fingerprint density at radius 3 is 2.62 bits per heavy atom. The lowest BCUT2D eigenvalue weighted by Crippen LogP contribution is -2.40. The van der Waals surface area contributed by atoms with Crippen LogP contribution in [-0.4, -0.2) is 29.6 Å². The first-order valence-electron chi connectivity index (χ1n) is 5.27. The number of terminal acetylenes is 1. The fourth-order valence-electron chi connectivity index (χ4n) is 1.20. The molecule has 16 heavy (non-hydrogen) atoms. The van der Waals surface area contributed by atoms with Gasteiger partial charge >= 0.3 is 5.97 Å². The van der Waals surface area contributed by atoms with Crippen molar-refractivity contribution < 1.29 is 14.7 Å². The Bertz CT molecular complexity index is 271. The predicted molar refractivity (Wildman–Crippen MR) is 60.5 cm³/mol. The van der Waals surface area contributed by atoms with E-state index in [1.165, 1.54) is 0 Å². The summed E-state index contributed by atoms with van der Waals surface area (Å²) in [7, 11) is 0. The maximum atomic E-state index is 11.3. The smallest absolute Gasteiger partial charge is 0.326 e. The zero-order chi connectivity index (χ0) is 12.4. The molecule has 0 spiro atoms. The molecule has 0 aliphatic rings. The molecule has 0 saturated heterocycles. The van der Waals surface area contributed by atoms with Crippen LogP contribution in [0.1, 0.15) is 32.1 Å². The molecule has 0 fully saturated rings. The summed E-state index contributed by atoms with van der Waals surface area (Å²) in [5.41, 5.74) is 5.30. The van der Waals surface area contributed by atoms with E-state index in [1.54, 1.807) is 0 Å². The van der Waals surface area contributed by atoms with Gasteiger partial charge in [0.25, 0.3) is 0 Å². The average molecular weight is 226 g/mol. The van der Waals surface area contributed by atoms with Crippen LogP contribution >= 0.6 is 0 Å². The lowest BCUT2D eigenvalue weighted by molar-refractivity contribution is -0.142. The number of hydrogen-bond acceptors (Lipinski definition) is 3. The number of nitrogens with one attached hydrogen (secondary N) is 1. The number of unbranched alkanes of at least 4 members (excludes halogenated alkanes) is 1. The topological polar surface area (TPSA) is 92.4 Å². The predicted octanol–water partition coefficient (Wildman–Crippen LogP) is 0.0982. The summed E-state index contributed by atoms with van der Waals surface area (Å²) in [4.78, 5) is 22.1. The van der Waals surface area contributed by atoms with Crippen molar-refractivity contribution in [1.29, 1.82) is 0 Å². The Hall–Kier alpha value is -1.54. The highest BCUT2D eigenvalue weighted by Gasteiger charge is 2.18. The average Bonchev–Trinajstić information content (AvgIpc) is 2.25. The van der Waals surface area contributed by atoms with Crippen LogP contribution in [0.5, 0.6) is 0 Å². The number of hydrogen-bond donors (Lipinski definition) is 3. The minimum atomic E-state index is -1.02. The lowest BCUT2D eigenvalue weighted by Gasteiger charge is -2.13. The number of aliphatic carboxylic acids is 1. The maximum Gasteiger partial charge on any atom is 0.326 e. The van der Waals surface area contributed by atoms with Crippen LogP contribution in [0.25, 0.3) is 0 Å². The van der Waals surface area contributed by atoms with Crippen molar-refractivity contribution in [2.24, 2.45) is 5.73 Å². The van der Waals surface area contributed by atoms with Gasteiger partial charge in [-0.05, 0) is 25.8 Å². The zero-order valence-corrected chi connectivity index (χ0v) is 9.24. The molecular weight excluding hydrogens is 208 g/mol. The van der Waals surface area contributed by atoms with Gasteiger partial charge in [-0.25, -0.2) is 4.79 Å². The van der Waals surface area contributed by atoms with Gasteiger partial charge in [-0.1, -0.05) is 0 Å². The highest BCUT2D eigenvalue weighted by Crippen LogP contribution is 2.01. The van der Waals surface area contributed by atoms with Crippen molar-refractivity contribution in [1.82, 2.24) is 5.32 Å². The minimum Gasteiger partial charge on any atom is -0.480 e. The molecule has 5 nitrogen and oxygen atoms in total. The molecule has 0 aliphatic carbocycles. The van der Waals surface area contributed by atoms with Gasteiger partial charge in [0.2, 0.25) is 5.91 Å². The van der Waals surface area contributed by atoms with Crippen molar-refractivity contribution in [2.45, 2.75) is 38.1 Å². The van der Waals surface area contributed by atoms with Crippen LogP contribution < -0.4 is 11.1 Å². The first kappa shape index (κ1) is 14.5. The Balaban J connectivity index is 3.98. The van der Waals surface area contributed by atoms with E-state index >= 15 is 0 Å². The summed E-state index contributed by atoms with van der Waals surface area (Å²) >= 11 is 0. The third kappa shape index (κ3) is 6.85. The van der Waals surface area contributed by atoms with E-state index in [4.69, 9.17) is 17.3 Å². The highest BCUT2D eigenvalue weighted by atomic mass is 16.4. The molecule has 1 atom stereocenters. The van der Waals surface area contributed by atoms with Crippen LogP contribution in [0.15, 0.2) is 0 Å². The van der Waals surface area contributed by atoms with E-state index in [9.17, 15) is 9.59 Å². The van der Waals surface area contributed by atoms with Gasteiger partial charge in [-0.15, -0.1) is 12.3 Å². The quantitative estimate of drug-likeness (QED) is 0.404. The Morgan fingerprint density at radius 1 is 1.44 bits per heavy atom. The lowest BCUT2D eigenvalue weighted by atomic mass is 10.1. The van der Waals surface area contributed by atoms with Gasteiger partial charge in [-0.2, -0.15) is 0 Å². The van der Waals surface area contributed by atoms with Crippen molar-refractivity contribution >= 4 is 11.9 Å². The number of carboxylic acid groups (broad SMARTS) is 1. The van der Waals surface area contributed by atoms with Crippen LogP contribution in [0.2, 0.25) is 0 Å². The molecule has 0 aromatic carbocycles. The molecule has 0 bridgehead atoms. The fourth-order valence-corrected chi connectivity index (χ4v) is 1.20. The van der Waals surface area contributed by atoms with E-state index in [0.717, 1.165) is 6.42 Å². The van der Waals surface area contributed by atoms with Crippen LogP contribution in [0, 0.1) is 12.3 Å². The second-order valence-electron chi connectivity index (χ2n) is 3.45. The van der Waals surface area contributed by atoms with Gasteiger partial charge in [0.1, 0.15) is 6.04 Å². The van der Waals surface area contributed by atoms with E-state index in [1.807, 2.05) is 0 Å². The van der Waals surface area contributed by atoms with E-state index < -0.39 is 12.0 Å². The first-order valence-corrected chi connectivity index (χ1v) is 5.27. The Morgan fingerprint density at radius 2 is 2.12 bits per heavy atom. The normalized spacial score (nSPS) is 11.5. The second kappa shape index (κ2) is 8.74. The second-order valence-corrected chi connectivity index (χ2v) is 3.45. The number of rotatable bonds is 8. The van der Waals surface area contributed by atoms with Crippen LogP contribution in [-0.2, 0) is 9.59 Å². The number of carbonyl (C=O) groups excluding carboxylic acids is 1. The Labute approximate surface area is 95.4 Å². The molecule has 0 aromatic heterocycles. The van der Waals surface area contributed by atoms with Crippen molar-refractivity contribution in [3.63, 3.8) is 0 Å². The zero-order valence-electron chi connectivity index (χ0n) is 9.24. The maximum absolute atomic E-state index is 11.3. The summed E-state index contributed by atoms with van der Waals surface area (Å²) in [5.74, 6) is 0.985. The molecule has 1 amide bonds. The van der Waals surface area contributed by atoms with E-state index in [0.29, 0.717) is 25.8 Å². The number of amides is 1. The van der Waals surface area contributed by atoms with Crippen molar-refractivity contribution in [2.75, 3.05) is 6.54 Å². The molecule has 0 saturated carbocycles. The summed E-state index contributed by atoms with van der Waals surface area (Å²) in [6.45, 7) is 0.525. The van der Waals surface area contributed by atoms with Gasteiger partial charge in [0.05, 0.1) is 0 Å². The largest absolute Gasteiger partial charge is 0.480 e. The third-order valence-corrected chi connectivity index (χ3v) is 2.08. The first-order chi connectivity index (χ1) is 7.61. The molecule has 5 heteroatoms. The molecule has 0 heterocycles. The standard InChI is InChI=1S/C11H18N2O3/c1-2-3-7-10(14)13-9(11(15)16)6-4-5-8-12/h1,9H,3-8,12H2,(H,13,14)(H,15,16). The van der Waals surface area contributed by atoms with Gasteiger partial charge in [0.15, 0.2) is 0 Å². The summed E-state index contributed by atoms with van der Waals surface area (Å²) in [5, 5.41) is 11.3. The molecule has 0 aromatic rings. The molecule has 0 radical (unpaired) electrons. The molecule has 4 N–H and O–H groups in total. The van der Waals surface area contributed by atoms with E-state index in [2.05, 4.69) is 11.2 Å². The number of carbonyl (C=O) groups is 2. The van der Waals surface area contributed by atoms with Gasteiger partial charge in [-0.3, -0.25) is 4.79 Å². The Kier molecular flexibility index (Phi) is 7.90. The third-order valence-electron chi connectivity index (χ3n) is 2.08. The van der Waals surface area contributed by atoms with Crippen LogP contribution in [0.4, 0.5) is 0 Å². The molecule has 0 rings (SSSR count).